The first kappa shape index (κ1) is 17.0. The van der Waals surface area contributed by atoms with E-state index in [1.165, 1.54) is 4.31 Å². The average molecular weight is 324 g/mol. The van der Waals surface area contributed by atoms with E-state index in [-0.39, 0.29) is 19.0 Å². The molecule has 0 spiro atoms. The summed E-state index contributed by atoms with van der Waals surface area (Å²) in [7, 11) is -3.64. The first-order valence-corrected chi connectivity index (χ1v) is 9.15. The van der Waals surface area contributed by atoms with Crippen molar-refractivity contribution in [2.24, 2.45) is 0 Å². The molecule has 22 heavy (non-hydrogen) atoms. The summed E-state index contributed by atoms with van der Waals surface area (Å²) < 4.78 is 27.0. The fourth-order valence-corrected chi connectivity index (χ4v) is 4.42. The third kappa shape index (κ3) is 3.50. The van der Waals surface area contributed by atoms with Crippen LogP contribution in [-0.4, -0.2) is 49.7 Å². The zero-order chi connectivity index (χ0) is 16.3. The molecule has 1 fully saturated rings. The van der Waals surface area contributed by atoms with Gasteiger partial charge in [0.1, 0.15) is 0 Å². The third-order valence-electron chi connectivity index (χ3n) is 4.08. The third-order valence-corrected chi connectivity index (χ3v) is 6.15. The second-order valence-corrected chi connectivity index (χ2v) is 7.69. The van der Waals surface area contributed by atoms with Crippen molar-refractivity contribution in [3.05, 3.63) is 29.3 Å². The van der Waals surface area contributed by atoms with Crippen LogP contribution in [0.2, 0.25) is 0 Å². The maximum absolute atomic E-state index is 12.8. The highest BCUT2D eigenvalue weighted by Gasteiger charge is 2.29. The Morgan fingerprint density at radius 3 is 2.45 bits per heavy atom. The number of aryl methyl sites for hydroxylation is 2. The van der Waals surface area contributed by atoms with E-state index < -0.39 is 10.0 Å². The predicted molar refractivity (Wildman–Crippen MR) is 86.2 cm³/mol. The van der Waals surface area contributed by atoms with Gasteiger partial charge in [0, 0.05) is 19.6 Å². The number of carbonyl (C=O) groups is 1. The lowest BCUT2D eigenvalue weighted by atomic mass is 10.2. The highest BCUT2D eigenvalue weighted by atomic mass is 32.2. The highest BCUT2D eigenvalue weighted by molar-refractivity contribution is 7.89. The Labute approximate surface area is 133 Å². The van der Waals surface area contributed by atoms with Crippen LogP contribution in [-0.2, 0) is 14.8 Å². The molecule has 0 aromatic heterocycles. The summed E-state index contributed by atoms with van der Waals surface area (Å²) in [5, 5.41) is 0. The van der Waals surface area contributed by atoms with Gasteiger partial charge in [-0.2, -0.15) is 4.31 Å². The van der Waals surface area contributed by atoms with Gasteiger partial charge in [-0.05, 0) is 43.9 Å². The van der Waals surface area contributed by atoms with E-state index in [0.717, 1.165) is 31.5 Å². The molecule has 2 rings (SSSR count). The Hall–Kier alpha value is -1.40. The molecule has 0 saturated carbocycles. The molecule has 0 N–H and O–H groups in total. The van der Waals surface area contributed by atoms with Crippen molar-refractivity contribution in [1.82, 2.24) is 9.21 Å². The Balaban J connectivity index is 2.24. The summed E-state index contributed by atoms with van der Waals surface area (Å²) >= 11 is 0. The van der Waals surface area contributed by atoms with Gasteiger partial charge in [0.05, 0.1) is 11.4 Å². The molecule has 0 bridgehead atoms. The molecular weight excluding hydrogens is 300 g/mol. The molecule has 122 valence electrons. The minimum absolute atomic E-state index is 0.0772. The molecule has 0 atom stereocenters. The molecule has 1 aliphatic heterocycles. The second kappa shape index (κ2) is 6.79. The fourth-order valence-electron chi connectivity index (χ4n) is 2.71. The number of sulfonamides is 1. The second-order valence-electron chi connectivity index (χ2n) is 5.79. The van der Waals surface area contributed by atoms with Gasteiger partial charge in [-0.3, -0.25) is 4.79 Å². The number of hydrogen-bond donors (Lipinski definition) is 0. The molecule has 1 amide bonds. The van der Waals surface area contributed by atoms with E-state index in [1.54, 1.807) is 30.9 Å². The van der Waals surface area contributed by atoms with Crippen molar-refractivity contribution < 1.29 is 13.2 Å². The van der Waals surface area contributed by atoms with E-state index >= 15 is 0 Å². The van der Waals surface area contributed by atoms with E-state index in [2.05, 4.69) is 0 Å². The topological polar surface area (TPSA) is 57.7 Å². The summed E-state index contributed by atoms with van der Waals surface area (Å²) in [4.78, 5) is 14.3. The van der Waals surface area contributed by atoms with Gasteiger partial charge < -0.3 is 4.90 Å². The van der Waals surface area contributed by atoms with Crippen molar-refractivity contribution in [2.75, 3.05) is 26.2 Å². The molecule has 6 heteroatoms. The SMILES string of the molecule is CCN(CC(=O)N1CCCC1)S(=O)(=O)c1cc(C)ccc1C. The zero-order valence-electron chi connectivity index (χ0n) is 13.5. The summed E-state index contributed by atoms with van der Waals surface area (Å²) in [6.45, 7) is 7.09. The predicted octanol–water partition coefficient (Wildman–Crippen LogP) is 1.94. The Bertz CT molecular complexity index is 649. The monoisotopic (exact) mass is 324 g/mol. The van der Waals surface area contributed by atoms with Gasteiger partial charge in [0.25, 0.3) is 0 Å². The molecule has 0 radical (unpaired) electrons. The van der Waals surface area contributed by atoms with Gasteiger partial charge in [0.2, 0.25) is 15.9 Å². The normalized spacial score (nSPS) is 15.5. The fraction of sp³-hybridized carbons (Fsp3) is 0.562. The number of likely N-dealkylation sites (tertiary alicyclic amines) is 1. The maximum Gasteiger partial charge on any atom is 0.243 e. The Kier molecular flexibility index (Phi) is 5.24. The van der Waals surface area contributed by atoms with Gasteiger partial charge in [-0.1, -0.05) is 19.1 Å². The van der Waals surface area contributed by atoms with Gasteiger partial charge in [-0.15, -0.1) is 0 Å². The van der Waals surface area contributed by atoms with E-state index in [1.807, 2.05) is 13.0 Å². The standard InChI is InChI=1S/C16H24N2O3S/c1-4-18(12-16(19)17-9-5-6-10-17)22(20,21)15-11-13(2)7-8-14(15)3/h7-8,11H,4-6,9-10,12H2,1-3H3. The number of likely N-dealkylation sites (N-methyl/N-ethyl adjacent to an activating group) is 1. The van der Waals surface area contributed by atoms with Crippen LogP contribution in [0.15, 0.2) is 23.1 Å². The average Bonchev–Trinajstić information content (AvgIpc) is 3.01. The van der Waals surface area contributed by atoms with Gasteiger partial charge >= 0.3 is 0 Å². The first-order valence-electron chi connectivity index (χ1n) is 7.71. The smallest absolute Gasteiger partial charge is 0.243 e. The summed E-state index contributed by atoms with van der Waals surface area (Å²) in [5.41, 5.74) is 1.60. The molecule has 0 aliphatic carbocycles. The summed E-state index contributed by atoms with van der Waals surface area (Å²) in [5.74, 6) is -0.103. The van der Waals surface area contributed by atoms with E-state index in [0.29, 0.717) is 10.5 Å². The van der Waals surface area contributed by atoms with Crippen LogP contribution in [0.1, 0.15) is 30.9 Å². The molecule has 0 unspecified atom stereocenters. The number of carbonyl (C=O) groups excluding carboxylic acids is 1. The highest BCUT2D eigenvalue weighted by Crippen LogP contribution is 2.21. The largest absolute Gasteiger partial charge is 0.342 e. The number of benzene rings is 1. The van der Waals surface area contributed by atoms with Crippen molar-refractivity contribution in [1.29, 1.82) is 0 Å². The van der Waals surface area contributed by atoms with Crippen LogP contribution in [0.25, 0.3) is 0 Å². The molecule has 1 saturated heterocycles. The number of rotatable bonds is 5. The van der Waals surface area contributed by atoms with Crippen LogP contribution < -0.4 is 0 Å². The molecular formula is C16H24N2O3S. The van der Waals surface area contributed by atoms with Gasteiger partial charge in [-0.25, -0.2) is 8.42 Å². The number of amides is 1. The van der Waals surface area contributed by atoms with E-state index in [4.69, 9.17) is 0 Å². The molecule has 1 aliphatic rings. The van der Waals surface area contributed by atoms with Crippen LogP contribution in [0.3, 0.4) is 0 Å². The maximum atomic E-state index is 12.8. The van der Waals surface area contributed by atoms with Crippen LogP contribution in [0.5, 0.6) is 0 Å². The van der Waals surface area contributed by atoms with Crippen LogP contribution in [0, 0.1) is 13.8 Å². The van der Waals surface area contributed by atoms with Crippen LogP contribution >= 0.6 is 0 Å². The van der Waals surface area contributed by atoms with Crippen molar-refractivity contribution in [3.63, 3.8) is 0 Å². The van der Waals surface area contributed by atoms with Crippen molar-refractivity contribution in [2.45, 2.75) is 38.5 Å². The molecule has 1 aromatic rings. The minimum Gasteiger partial charge on any atom is -0.342 e. The summed E-state index contributed by atoms with van der Waals surface area (Å²) in [6, 6.07) is 5.37. The lowest BCUT2D eigenvalue weighted by Gasteiger charge is -2.24. The lowest BCUT2D eigenvalue weighted by molar-refractivity contribution is -0.130. The van der Waals surface area contributed by atoms with Crippen LogP contribution in [0.4, 0.5) is 0 Å². The Morgan fingerprint density at radius 1 is 1.23 bits per heavy atom. The minimum atomic E-state index is -3.64. The molecule has 1 aromatic carbocycles. The number of nitrogens with zero attached hydrogens (tertiary/aromatic N) is 2. The van der Waals surface area contributed by atoms with E-state index in [9.17, 15) is 13.2 Å². The Morgan fingerprint density at radius 2 is 1.86 bits per heavy atom. The quantitative estimate of drug-likeness (QED) is 0.831. The van der Waals surface area contributed by atoms with Crippen molar-refractivity contribution in [3.8, 4) is 0 Å². The first-order chi connectivity index (χ1) is 10.4. The molecule has 5 nitrogen and oxygen atoms in total. The van der Waals surface area contributed by atoms with Crippen molar-refractivity contribution >= 4 is 15.9 Å². The summed E-state index contributed by atoms with van der Waals surface area (Å²) in [6.07, 6.45) is 2.00. The number of hydrogen-bond acceptors (Lipinski definition) is 3. The lowest BCUT2D eigenvalue weighted by Crippen LogP contribution is -2.41. The zero-order valence-corrected chi connectivity index (χ0v) is 14.3. The molecule has 1 heterocycles. The van der Waals surface area contributed by atoms with Gasteiger partial charge in [0.15, 0.2) is 0 Å².